The molecule has 138 valence electrons. The van der Waals surface area contributed by atoms with Crippen molar-refractivity contribution in [2.24, 2.45) is 0 Å². The monoisotopic (exact) mass is 391 g/mol. The van der Waals surface area contributed by atoms with Crippen LogP contribution in [0.25, 0.3) is 5.69 Å². The molecule has 4 rings (SSSR count). The van der Waals surface area contributed by atoms with Gasteiger partial charge in [-0.3, -0.25) is 9.36 Å². The number of benzene rings is 1. The fraction of sp³-hybridized carbons (Fsp3) is 0.500. The van der Waals surface area contributed by atoms with Gasteiger partial charge in [-0.15, -0.1) is 10.2 Å². The summed E-state index contributed by atoms with van der Waals surface area (Å²) in [6.45, 7) is 2.72. The van der Waals surface area contributed by atoms with Crippen LogP contribution in [0.4, 0.5) is 5.95 Å². The van der Waals surface area contributed by atoms with Gasteiger partial charge in [0.2, 0.25) is 11.9 Å². The Morgan fingerprint density at radius 2 is 2.00 bits per heavy atom. The molecule has 3 heterocycles. The molecule has 2 saturated heterocycles. The molecule has 8 heteroatoms. The molecular formula is C18H22ClN5OS. The van der Waals surface area contributed by atoms with Gasteiger partial charge in [0.05, 0.1) is 10.9 Å². The van der Waals surface area contributed by atoms with Gasteiger partial charge in [-0.25, -0.2) is 0 Å². The number of carbonyl (C=O) groups is 1. The molecule has 1 N–H and O–H groups in total. The fourth-order valence-electron chi connectivity index (χ4n) is 3.45. The van der Waals surface area contributed by atoms with Crippen molar-refractivity contribution in [3.05, 3.63) is 29.3 Å². The Labute approximate surface area is 162 Å². The molecule has 1 aromatic heterocycles. The lowest BCUT2D eigenvalue weighted by Gasteiger charge is -2.19. The molecule has 1 atom stereocenters. The molecule has 2 aliphatic heterocycles. The highest BCUT2D eigenvalue weighted by Gasteiger charge is 2.28. The second-order valence-corrected chi connectivity index (χ2v) is 8.29. The van der Waals surface area contributed by atoms with Gasteiger partial charge in [-0.1, -0.05) is 35.9 Å². The van der Waals surface area contributed by atoms with Gasteiger partial charge < -0.3 is 10.2 Å². The predicted octanol–water partition coefficient (Wildman–Crippen LogP) is 3.28. The average Bonchev–Trinajstić information content (AvgIpc) is 3.25. The van der Waals surface area contributed by atoms with E-state index in [2.05, 4.69) is 20.4 Å². The van der Waals surface area contributed by atoms with Crippen LogP contribution >= 0.6 is 23.4 Å². The number of halogens is 1. The molecule has 1 aromatic carbocycles. The zero-order chi connectivity index (χ0) is 17.9. The number of nitrogens with one attached hydrogen (secondary N) is 1. The highest BCUT2D eigenvalue weighted by atomic mass is 35.5. The van der Waals surface area contributed by atoms with Gasteiger partial charge in [0.25, 0.3) is 0 Å². The molecule has 2 aliphatic rings. The molecule has 0 spiro atoms. The largest absolute Gasteiger partial charge is 0.355 e. The number of hydrogen-bond donors (Lipinski definition) is 1. The van der Waals surface area contributed by atoms with E-state index in [-0.39, 0.29) is 11.2 Å². The third-order valence-corrected chi connectivity index (χ3v) is 6.25. The third kappa shape index (κ3) is 3.69. The molecule has 6 nitrogen and oxygen atoms in total. The second kappa shape index (κ2) is 7.88. The molecule has 0 radical (unpaired) electrons. The summed E-state index contributed by atoms with van der Waals surface area (Å²) in [6.07, 6.45) is 5.26. The third-order valence-electron chi connectivity index (χ3n) is 4.80. The van der Waals surface area contributed by atoms with E-state index < -0.39 is 0 Å². The average molecular weight is 392 g/mol. The molecule has 2 fully saturated rings. The summed E-state index contributed by atoms with van der Waals surface area (Å²) < 4.78 is 2.04. The number of rotatable bonds is 4. The Balaban J connectivity index is 1.70. The fourth-order valence-corrected chi connectivity index (χ4v) is 4.75. The van der Waals surface area contributed by atoms with Gasteiger partial charge in [-0.2, -0.15) is 0 Å². The number of aromatic nitrogens is 3. The molecule has 26 heavy (non-hydrogen) atoms. The van der Waals surface area contributed by atoms with Gasteiger partial charge in [0.15, 0.2) is 5.16 Å². The Morgan fingerprint density at radius 3 is 2.81 bits per heavy atom. The van der Waals surface area contributed by atoms with Crippen LogP contribution in [0.5, 0.6) is 0 Å². The van der Waals surface area contributed by atoms with Crippen LogP contribution in [0, 0.1) is 0 Å². The van der Waals surface area contributed by atoms with Crippen LogP contribution in [-0.2, 0) is 4.79 Å². The van der Waals surface area contributed by atoms with E-state index in [0.29, 0.717) is 5.02 Å². The predicted molar refractivity (Wildman–Crippen MR) is 104 cm³/mol. The number of nitrogens with zero attached hydrogens (tertiary/aromatic N) is 4. The Bertz CT molecular complexity index is 790. The summed E-state index contributed by atoms with van der Waals surface area (Å²) in [5, 5.41) is 13.2. The number of amides is 1. The first-order valence-electron chi connectivity index (χ1n) is 9.13. The minimum absolute atomic E-state index is 0.0934. The standard InChI is InChI=1S/C18H22ClN5OS/c19-13-6-5-7-14(12-13)24-17(23-10-3-4-11-23)21-22-18(24)26-15-8-1-2-9-20-16(15)25/h5-7,12,15H,1-4,8-11H2,(H,20,25)/t15-/m1/s1. The first-order valence-corrected chi connectivity index (χ1v) is 10.4. The minimum atomic E-state index is -0.133. The van der Waals surface area contributed by atoms with Crippen LogP contribution in [0.1, 0.15) is 32.1 Å². The summed E-state index contributed by atoms with van der Waals surface area (Å²) in [5.41, 5.74) is 0.931. The second-order valence-electron chi connectivity index (χ2n) is 6.69. The normalized spacial score (nSPS) is 20.9. The topological polar surface area (TPSA) is 63.1 Å². The number of carbonyl (C=O) groups excluding carboxylic acids is 1. The SMILES string of the molecule is O=C1NCCCC[C@H]1Sc1nnc(N2CCCC2)n1-c1cccc(Cl)c1. The highest BCUT2D eigenvalue weighted by molar-refractivity contribution is 8.00. The van der Waals surface area contributed by atoms with Crippen LogP contribution in [0.3, 0.4) is 0 Å². The zero-order valence-corrected chi connectivity index (χ0v) is 16.1. The molecule has 1 amide bonds. The lowest BCUT2D eigenvalue weighted by molar-refractivity contribution is -0.120. The van der Waals surface area contributed by atoms with Crippen molar-refractivity contribution in [2.75, 3.05) is 24.5 Å². The van der Waals surface area contributed by atoms with E-state index in [9.17, 15) is 4.79 Å². The van der Waals surface area contributed by atoms with Crippen molar-refractivity contribution >= 4 is 35.2 Å². The molecule has 0 aliphatic carbocycles. The number of thioether (sulfide) groups is 1. The van der Waals surface area contributed by atoms with Crippen LogP contribution in [0.15, 0.2) is 29.4 Å². The lowest BCUT2D eigenvalue weighted by atomic mass is 10.2. The smallest absolute Gasteiger partial charge is 0.233 e. The molecular weight excluding hydrogens is 370 g/mol. The van der Waals surface area contributed by atoms with Crippen LogP contribution in [-0.4, -0.2) is 45.6 Å². The summed E-state index contributed by atoms with van der Waals surface area (Å²) in [4.78, 5) is 14.6. The van der Waals surface area contributed by atoms with Crippen molar-refractivity contribution in [3.8, 4) is 5.69 Å². The molecule has 0 unspecified atom stereocenters. The molecule has 2 aromatic rings. The summed E-state index contributed by atoms with van der Waals surface area (Å²) in [7, 11) is 0. The Morgan fingerprint density at radius 1 is 1.15 bits per heavy atom. The van der Waals surface area contributed by atoms with Gasteiger partial charge in [0.1, 0.15) is 0 Å². The highest BCUT2D eigenvalue weighted by Crippen LogP contribution is 2.33. The minimum Gasteiger partial charge on any atom is -0.355 e. The first-order chi connectivity index (χ1) is 12.7. The van der Waals surface area contributed by atoms with E-state index >= 15 is 0 Å². The first kappa shape index (κ1) is 17.7. The van der Waals surface area contributed by atoms with E-state index in [1.54, 1.807) is 0 Å². The Kier molecular flexibility index (Phi) is 5.36. The van der Waals surface area contributed by atoms with E-state index in [0.717, 1.165) is 68.5 Å². The van der Waals surface area contributed by atoms with Gasteiger partial charge in [-0.05, 0) is 43.9 Å². The van der Waals surface area contributed by atoms with Crippen molar-refractivity contribution in [3.63, 3.8) is 0 Å². The van der Waals surface area contributed by atoms with Crippen molar-refractivity contribution < 1.29 is 4.79 Å². The zero-order valence-electron chi connectivity index (χ0n) is 14.5. The maximum Gasteiger partial charge on any atom is 0.233 e. The van der Waals surface area contributed by atoms with E-state index in [1.807, 2.05) is 28.8 Å². The van der Waals surface area contributed by atoms with Gasteiger partial charge in [0, 0.05) is 24.7 Å². The van der Waals surface area contributed by atoms with Crippen LogP contribution in [0.2, 0.25) is 5.02 Å². The van der Waals surface area contributed by atoms with Crippen molar-refractivity contribution in [1.29, 1.82) is 0 Å². The summed E-state index contributed by atoms with van der Waals surface area (Å²) >= 11 is 7.72. The number of hydrogen-bond acceptors (Lipinski definition) is 5. The maximum absolute atomic E-state index is 12.4. The van der Waals surface area contributed by atoms with Gasteiger partial charge >= 0.3 is 0 Å². The number of anilines is 1. The molecule has 0 bridgehead atoms. The van der Waals surface area contributed by atoms with Crippen molar-refractivity contribution in [1.82, 2.24) is 20.1 Å². The Hall–Kier alpha value is -1.73. The van der Waals surface area contributed by atoms with Crippen LogP contribution < -0.4 is 10.2 Å². The maximum atomic E-state index is 12.4. The summed E-state index contributed by atoms with van der Waals surface area (Å²) in [5.74, 6) is 0.928. The lowest BCUT2D eigenvalue weighted by Crippen LogP contribution is -2.31. The van der Waals surface area contributed by atoms with E-state index in [1.165, 1.54) is 11.8 Å². The quantitative estimate of drug-likeness (QED) is 0.866. The molecule has 0 saturated carbocycles. The van der Waals surface area contributed by atoms with E-state index in [4.69, 9.17) is 11.6 Å². The summed E-state index contributed by atoms with van der Waals surface area (Å²) in [6, 6.07) is 7.71. The van der Waals surface area contributed by atoms with Crippen molar-refractivity contribution in [2.45, 2.75) is 42.5 Å².